The molecule has 64 valence electrons. The third-order valence-electron chi connectivity index (χ3n) is 2.10. The van der Waals surface area contributed by atoms with E-state index in [0.717, 1.165) is 0 Å². The summed E-state index contributed by atoms with van der Waals surface area (Å²) >= 11 is 5.81. The first-order valence-corrected chi connectivity index (χ1v) is 4.47. The lowest BCUT2D eigenvalue weighted by Crippen LogP contribution is -2.27. The lowest BCUT2D eigenvalue weighted by molar-refractivity contribution is 0.444. The average Bonchev–Trinajstić information content (AvgIpc) is 2.00. The Morgan fingerprint density at radius 3 is 2.67 bits per heavy atom. The Morgan fingerprint density at radius 1 is 1.33 bits per heavy atom. The van der Waals surface area contributed by atoms with Crippen LogP contribution in [-0.4, -0.2) is 16.0 Å². The molecule has 0 spiro atoms. The van der Waals surface area contributed by atoms with E-state index in [1.165, 1.54) is 19.3 Å². The summed E-state index contributed by atoms with van der Waals surface area (Å²) in [7, 11) is 0. The van der Waals surface area contributed by atoms with E-state index in [1.54, 1.807) is 12.4 Å². The molecule has 0 atom stereocenters. The summed E-state index contributed by atoms with van der Waals surface area (Å²) in [6.07, 6.45) is 6.97. The molecule has 0 saturated heterocycles. The highest BCUT2D eigenvalue weighted by molar-refractivity contribution is 6.31. The van der Waals surface area contributed by atoms with E-state index in [9.17, 15) is 0 Å². The third kappa shape index (κ3) is 1.50. The number of nitrogens with zero attached hydrogens (tertiary/aromatic N) is 2. The monoisotopic (exact) mass is 183 g/mol. The molecular formula is C8H10ClN3. The van der Waals surface area contributed by atoms with Crippen molar-refractivity contribution in [3.8, 4) is 0 Å². The molecule has 1 aliphatic carbocycles. The number of anilines is 1. The lowest BCUT2D eigenvalue weighted by Gasteiger charge is -2.26. The fourth-order valence-corrected chi connectivity index (χ4v) is 1.32. The first-order valence-electron chi connectivity index (χ1n) is 4.09. The zero-order valence-corrected chi connectivity index (χ0v) is 7.38. The van der Waals surface area contributed by atoms with Gasteiger partial charge in [0.15, 0.2) is 11.0 Å². The van der Waals surface area contributed by atoms with Crippen LogP contribution in [0.25, 0.3) is 0 Å². The minimum Gasteiger partial charge on any atom is -0.365 e. The quantitative estimate of drug-likeness (QED) is 0.763. The Hall–Kier alpha value is -0.830. The standard InChI is InChI=1S/C8H10ClN3/c9-7-8(11-5-4-10-7)12-6-2-1-3-6/h4-6H,1-3H2,(H,11,12). The molecule has 0 amide bonds. The molecule has 0 unspecified atom stereocenters. The highest BCUT2D eigenvalue weighted by Crippen LogP contribution is 2.24. The minimum absolute atomic E-state index is 0.462. The SMILES string of the molecule is Clc1nccnc1NC1CCC1. The van der Waals surface area contributed by atoms with Crippen molar-refractivity contribution in [3.05, 3.63) is 17.5 Å². The second-order valence-electron chi connectivity index (χ2n) is 2.97. The Balaban J connectivity index is 2.06. The highest BCUT2D eigenvalue weighted by Gasteiger charge is 2.18. The van der Waals surface area contributed by atoms with Gasteiger partial charge in [-0.15, -0.1) is 0 Å². The van der Waals surface area contributed by atoms with E-state index in [2.05, 4.69) is 15.3 Å². The predicted molar refractivity (Wildman–Crippen MR) is 48.3 cm³/mol. The van der Waals surface area contributed by atoms with Gasteiger partial charge in [-0.2, -0.15) is 0 Å². The summed E-state index contributed by atoms with van der Waals surface area (Å²) < 4.78 is 0. The Labute approximate surface area is 76.2 Å². The lowest BCUT2D eigenvalue weighted by atomic mass is 9.93. The van der Waals surface area contributed by atoms with Crippen molar-refractivity contribution in [2.75, 3.05) is 5.32 Å². The van der Waals surface area contributed by atoms with E-state index < -0.39 is 0 Å². The molecule has 0 aliphatic heterocycles. The number of hydrogen-bond donors (Lipinski definition) is 1. The first-order chi connectivity index (χ1) is 5.86. The average molecular weight is 184 g/mol. The Kier molecular flexibility index (Phi) is 2.13. The van der Waals surface area contributed by atoms with E-state index in [1.807, 2.05) is 0 Å². The maximum atomic E-state index is 5.81. The topological polar surface area (TPSA) is 37.8 Å². The maximum absolute atomic E-state index is 5.81. The molecule has 12 heavy (non-hydrogen) atoms. The molecular weight excluding hydrogens is 174 g/mol. The second kappa shape index (κ2) is 3.27. The molecule has 0 aromatic carbocycles. The van der Waals surface area contributed by atoms with Crippen molar-refractivity contribution in [3.63, 3.8) is 0 Å². The molecule has 1 aromatic heterocycles. The molecule has 1 saturated carbocycles. The second-order valence-corrected chi connectivity index (χ2v) is 3.33. The summed E-state index contributed by atoms with van der Waals surface area (Å²) in [5.41, 5.74) is 0. The van der Waals surface area contributed by atoms with Gasteiger partial charge in [-0.25, -0.2) is 9.97 Å². The minimum atomic E-state index is 0.462. The van der Waals surface area contributed by atoms with Crippen molar-refractivity contribution in [2.45, 2.75) is 25.3 Å². The van der Waals surface area contributed by atoms with Gasteiger partial charge < -0.3 is 5.32 Å². The number of aromatic nitrogens is 2. The zero-order chi connectivity index (χ0) is 8.39. The highest BCUT2D eigenvalue weighted by atomic mass is 35.5. The van der Waals surface area contributed by atoms with E-state index in [0.29, 0.717) is 17.0 Å². The largest absolute Gasteiger partial charge is 0.365 e. The number of nitrogens with one attached hydrogen (secondary N) is 1. The smallest absolute Gasteiger partial charge is 0.171 e. The Morgan fingerprint density at radius 2 is 2.08 bits per heavy atom. The number of halogens is 1. The first kappa shape index (κ1) is 7.80. The number of hydrogen-bond acceptors (Lipinski definition) is 3. The van der Waals surface area contributed by atoms with E-state index in [-0.39, 0.29) is 0 Å². The van der Waals surface area contributed by atoms with Gasteiger partial charge in [-0.05, 0) is 19.3 Å². The molecule has 0 radical (unpaired) electrons. The molecule has 1 fully saturated rings. The third-order valence-corrected chi connectivity index (χ3v) is 2.38. The van der Waals surface area contributed by atoms with Crippen molar-refractivity contribution >= 4 is 17.4 Å². The normalized spacial score (nSPS) is 17.1. The number of rotatable bonds is 2. The van der Waals surface area contributed by atoms with Crippen molar-refractivity contribution in [1.29, 1.82) is 0 Å². The molecule has 1 heterocycles. The van der Waals surface area contributed by atoms with Gasteiger partial charge in [0.2, 0.25) is 0 Å². The van der Waals surface area contributed by atoms with Gasteiger partial charge in [0.05, 0.1) is 0 Å². The van der Waals surface area contributed by atoms with E-state index in [4.69, 9.17) is 11.6 Å². The van der Waals surface area contributed by atoms with Crippen LogP contribution in [0.1, 0.15) is 19.3 Å². The summed E-state index contributed by atoms with van der Waals surface area (Å²) in [5.74, 6) is 0.712. The van der Waals surface area contributed by atoms with Crippen molar-refractivity contribution < 1.29 is 0 Å². The van der Waals surface area contributed by atoms with Crippen LogP contribution in [0.4, 0.5) is 5.82 Å². The van der Waals surface area contributed by atoms with Crippen LogP contribution in [0.3, 0.4) is 0 Å². The van der Waals surface area contributed by atoms with Gasteiger partial charge in [0, 0.05) is 18.4 Å². The van der Waals surface area contributed by atoms with Gasteiger partial charge in [-0.3, -0.25) is 0 Å². The van der Waals surface area contributed by atoms with Gasteiger partial charge in [0.1, 0.15) is 0 Å². The van der Waals surface area contributed by atoms with Crippen LogP contribution in [-0.2, 0) is 0 Å². The molecule has 1 N–H and O–H groups in total. The van der Waals surface area contributed by atoms with Gasteiger partial charge in [-0.1, -0.05) is 11.6 Å². The molecule has 1 aliphatic rings. The summed E-state index contributed by atoms with van der Waals surface area (Å²) in [5, 5.41) is 3.70. The molecule has 1 aromatic rings. The van der Waals surface area contributed by atoms with Crippen LogP contribution in [0, 0.1) is 0 Å². The zero-order valence-electron chi connectivity index (χ0n) is 6.63. The fraction of sp³-hybridized carbons (Fsp3) is 0.500. The van der Waals surface area contributed by atoms with Crippen LogP contribution in [0.2, 0.25) is 5.15 Å². The molecule has 3 nitrogen and oxygen atoms in total. The van der Waals surface area contributed by atoms with Crippen LogP contribution < -0.4 is 5.32 Å². The molecule has 4 heteroatoms. The van der Waals surface area contributed by atoms with Crippen LogP contribution in [0.5, 0.6) is 0 Å². The summed E-state index contributed by atoms with van der Waals surface area (Å²) in [6.45, 7) is 0. The van der Waals surface area contributed by atoms with Crippen molar-refractivity contribution in [1.82, 2.24) is 9.97 Å². The molecule has 0 bridgehead atoms. The van der Waals surface area contributed by atoms with Crippen LogP contribution in [0.15, 0.2) is 12.4 Å². The maximum Gasteiger partial charge on any atom is 0.171 e. The fourth-order valence-electron chi connectivity index (χ4n) is 1.16. The van der Waals surface area contributed by atoms with Crippen molar-refractivity contribution in [2.24, 2.45) is 0 Å². The summed E-state index contributed by atoms with van der Waals surface area (Å²) in [4.78, 5) is 8.03. The Bertz CT molecular complexity index is 273. The summed E-state index contributed by atoms with van der Waals surface area (Å²) in [6, 6.07) is 0.555. The van der Waals surface area contributed by atoms with E-state index >= 15 is 0 Å². The van der Waals surface area contributed by atoms with Crippen LogP contribution >= 0.6 is 11.6 Å². The van der Waals surface area contributed by atoms with Gasteiger partial charge >= 0.3 is 0 Å². The predicted octanol–water partition coefficient (Wildman–Crippen LogP) is 2.09. The van der Waals surface area contributed by atoms with Gasteiger partial charge in [0.25, 0.3) is 0 Å². The molecule has 2 rings (SSSR count).